The van der Waals surface area contributed by atoms with Gasteiger partial charge in [0.25, 0.3) is 11.5 Å². The number of carbonyl (C=O) groups excluding carboxylic acids is 2. The van der Waals surface area contributed by atoms with Crippen molar-refractivity contribution in [2.24, 2.45) is 0 Å². The van der Waals surface area contributed by atoms with E-state index in [2.05, 4.69) is 0 Å². The van der Waals surface area contributed by atoms with Crippen LogP contribution in [0.4, 0.5) is 4.39 Å². The molecule has 0 saturated carbocycles. The van der Waals surface area contributed by atoms with Crippen LogP contribution in [0.5, 0.6) is 0 Å². The van der Waals surface area contributed by atoms with Crippen molar-refractivity contribution >= 4 is 35.1 Å². The van der Waals surface area contributed by atoms with Crippen LogP contribution in [0.2, 0.25) is 10.0 Å². The quantitative estimate of drug-likeness (QED) is 0.414. The second-order valence-electron chi connectivity index (χ2n) is 8.26. The predicted octanol–water partition coefficient (Wildman–Crippen LogP) is 3.58. The van der Waals surface area contributed by atoms with Crippen molar-refractivity contribution in [2.75, 3.05) is 6.61 Å². The first-order valence-electron chi connectivity index (χ1n) is 11.1. The molecule has 0 spiro atoms. The highest BCUT2D eigenvalue weighted by molar-refractivity contribution is 6.30. The highest BCUT2D eigenvalue weighted by Gasteiger charge is 2.39. The van der Waals surface area contributed by atoms with Gasteiger partial charge in [0.05, 0.1) is 18.9 Å². The number of aromatic nitrogens is 2. The fourth-order valence-corrected chi connectivity index (χ4v) is 4.08. The van der Waals surface area contributed by atoms with E-state index >= 15 is 0 Å². The molecular weight excluding hydrogens is 530 g/mol. The van der Waals surface area contributed by atoms with E-state index in [-0.39, 0.29) is 29.8 Å². The Balaban J connectivity index is 1.62. The minimum atomic E-state index is -1.40. The fourth-order valence-electron chi connectivity index (χ4n) is 3.83. The molecule has 9 nitrogen and oxygen atoms in total. The number of halogens is 3. The Morgan fingerprint density at radius 3 is 2.30 bits per heavy atom. The number of benzene rings is 2. The lowest BCUT2D eigenvalue weighted by Crippen LogP contribution is -2.46. The van der Waals surface area contributed by atoms with Crippen LogP contribution in [-0.4, -0.2) is 39.8 Å². The third kappa shape index (κ3) is 6.16. The Hall–Kier alpha value is -3.31. The van der Waals surface area contributed by atoms with Crippen molar-refractivity contribution in [3.05, 3.63) is 103 Å². The zero-order valence-corrected chi connectivity index (χ0v) is 20.9. The van der Waals surface area contributed by atoms with Crippen LogP contribution in [0.1, 0.15) is 35.5 Å². The van der Waals surface area contributed by atoms with Gasteiger partial charge in [-0.1, -0.05) is 35.3 Å². The van der Waals surface area contributed by atoms with Gasteiger partial charge in [-0.15, -0.1) is 0 Å². The number of hydrogen-bond donors (Lipinski definition) is 0. The predicted molar refractivity (Wildman–Crippen MR) is 131 cm³/mol. The summed E-state index contributed by atoms with van der Waals surface area (Å²) in [5.74, 6) is -2.90. The van der Waals surface area contributed by atoms with Gasteiger partial charge < -0.3 is 14.2 Å². The number of nitrogens with zero attached hydrogens (tertiary/aromatic N) is 2. The van der Waals surface area contributed by atoms with E-state index in [1.54, 1.807) is 24.3 Å². The molecule has 1 saturated heterocycles. The normalized spacial score (nSPS) is 19.1. The van der Waals surface area contributed by atoms with Crippen LogP contribution < -0.4 is 11.2 Å². The lowest BCUT2D eigenvalue weighted by molar-refractivity contribution is -0.148. The minimum Gasteiger partial charge on any atom is -0.463 e. The largest absolute Gasteiger partial charge is 0.463 e. The molecule has 2 aromatic carbocycles. The summed E-state index contributed by atoms with van der Waals surface area (Å²) in [4.78, 5) is 49.9. The maximum Gasteiger partial charge on any atom is 0.340 e. The maximum absolute atomic E-state index is 14.6. The van der Waals surface area contributed by atoms with E-state index in [1.807, 2.05) is 0 Å². The van der Waals surface area contributed by atoms with Gasteiger partial charge in [0.15, 0.2) is 0 Å². The molecule has 1 fully saturated rings. The summed E-state index contributed by atoms with van der Waals surface area (Å²) in [7, 11) is 0. The summed E-state index contributed by atoms with van der Waals surface area (Å²) < 4.78 is 32.6. The molecule has 3 aromatic rings. The maximum atomic E-state index is 14.6. The van der Waals surface area contributed by atoms with E-state index in [9.17, 15) is 23.6 Å². The second kappa shape index (κ2) is 11.4. The lowest BCUT2D eigenvalue weighted by atomic mass is 10.1. The molecule has 2 heterocycles. The van der Waals surface area contributed by atoms with E-state index in [4.69, 9.17) is 37.4 Å². The molecular formula is C25H21Cl2FN2O7. The molecule has 0 N–H and O–H groups in total. The summed E-state index contributed by atoms with van der Waals surface area (Å²) in [6, 6.07) is 12.4. The zero-order chi connectivity index (χ0) is 26.7. The standard InChI is InChI=1S/C25H21Cl2FN2O7/c1-14(31)35-13-21-20(36-12-15-2-6-17(26)7-3-15)10-22(37-21)29-11-19(28)24(33)30(25(29)34)23(32)16-4-8-18(27)9-5-16/h2-9,11,20-22H,10,12-13H2,1H3/t20-,21+,22+/m0/s1. The summed E-state index contributed by atoms with van der Waals surface area (Å²) in [6.45, 7) is 1.21. The van der Waals surface area contributed by atoms with Gasteiger partial charge in [-0.2, -0.15) is 8.96 Å². The van der Waals surface area contributed by atoms with Crippen molar-refractivity contribution in [2.45, 2.75) is 38.4 Å². The van der Waals surface area contributed by atoms with Crippen LogP contribution in [0.15, 0.2) is 64.3 Å². The molecule has 4 rings (SSSR count). The van der Waals surface area contributed by atoms with Crippen LogP contribution in [0.3, 0.4) is 0 Å². The van der Waals surface area contributed by atoms with Crippen molar-refractivity contribution in [1.29, 1.82) is 0 Å². The van der Waals surface area contributed by atoms with E-state index in [0.29, 0.717) is 16.2 Å². The van der Waals surface area contributed by atoms with Crippen LogP contribution in [-0.2, 0) is 25.6 Å². The molecule has 1 aliphatic rings. The summed E-state index contributed by atoms with van der Waals surface area (Å²) in [5.41, 5.74) is -1.72. The van der Waals surface area contributed by atoms with Crippen molar-refractivity contribution in [1.82, 2.24) is 9.13 Å². The Morgan fingerprint density at radius 2 is 1.68 bits per heavy atom. The first-order chi connectivity index (χ1) is 17.6. The van der Waals surface area contributed by atoms with Gasteiger partial charge in [-0.25, -0.2) is 4.79 Å². The van der Waals surface area contributed by atoms with Crippen LogP contribution in [0.25, 0.3) is 0 Å². The zero-order valence-electron chi connectivity index (χ0n) is 19.4. The molecule has 3 atom stereocenters. The van der Waals surface area contributed by atoms with Gasteiger partial charge in [-0.3, -0.25) is 19.0 Å². The Kier molecular flexibility index (Phi) is 8.23. The molecule has 0 radical (unpaired) electrons. The summed E-state index contributed by atoms with van der Waals surface area (Å²) in [6.07, 6.45) is -1.84. The topological polar surface area (TPSA) is 106 Å². The van der Waals surface area contributed by atoms with E-state index in [0.717, 1.165) is 10.1 Å². The average Bonchev–Trinajstić information content (AvgIpc) is 3.28. The molecule has 0 aliphatic carbocycles. The number of ether oxygens (including phenoxy) is 3. The highest BCUT2D eigenvalue weighted by Crippen LogP contribution is 2.31. The molecule has 194 valence electrons. The monoisotopic (exact) mass is 550 g/mol. The summed E-state index contributed by atoms with van der Waals surface area (Å²) in [5, 5.41) is 0.897. The van der Waals surface area contributed by atoms with Gasteiger partial charge in [0, 0.05) is 29.0 Å². The van der Waals surface area contributed by atoms with Gasteiger partial charge in [0.1, 0.15) is 18.9 Å². The molecule has 0 unspecified atom stereocenters. The Morgan fingerprint density at radius 1 is 1.05 bits per heavy atom. The molecule has 37 heavy (non-hydrogen) atoms. The lowest BCUT2D eigenvalue weighted by Gasteiger charge is -2.19. The smallest absolute Gasteiger partial charge is 0.340 e. The van der Waals surface area contributed by atoms with Crippen molar-refractivity contribution < 1.29 is 28.2 Å². The fraction of sp³-hybridized carbons (Fsp3) is 0.280. The van der Waals surface area contributed by atoms with Crippen LogP contribution in [0, 0.1) is 5.82 Å². The Bertz CT molecular complexity index is 1420. The van der Waals surface area contributed by atoms with E-state index < -0.39 is 47.4 Å². The molecule has 1 aromatic heterocycles. The summed E-state index contributed by atoms with van der Waals surface area (Å²) >= 11 is 11.7. The third-order valence-electron chi connectivity index (χ3n) is 5.69. The molecule has 0 bridgehead atoms. The number of esters is 1. The van der Waals surface area contributed by atoms with Gasteiger partial charge >= 0.3 is 11.7 Å². The molecule has 12 heteroatoms. The van der Waals surface area contributed by atoms with Crippen molar-refractivity contribution in [3.8, 4) is 0 Å². The van der Waals surface area contributed by atoms with Crippen LogP contribution >= 0.6 is 23.2 Å². The first kappa shape index (κ1) is 26.7. The molecule has 0 amide bonds. The SMILES string of the molecule is CC(=O)OC[C@H]1O[C@@H](n2cc(F)c(=O)n(C(=O)c3ccc(Cl)cc3)c2=O)C[C@@H]1OCc1ccc(Cl)cc1. The second-order valence-corrected chi connectivity index (χ2v) is 9.14. The minimum absolute atomic E-state index is 0.0370. The van der Waals surface area contributed by atoms with Gasteiger partial charge in [0.2, 0.25) is 5.82 Å². The number of hydrogen-bond acceptors (Lipinski definition) is 7. The molecule has 1 aliphatic heterocycles. The van der Waals surface area contributed by atoms with Crippen molar-refractivity contribution in [3.63, 3.8) is 0 Å². The van der Waals surface area contributed by atoms with Gasteiger partial charge in [-0.05, 0) is 42.0 Å². The highest BCUT2D eigenvalue weighted by atomic mass is 35.5. The number of rotatable bonds is 7. The average molecular weight is 551 g/mol. The Labute approximate surface area is 219 Å². The van der Waals surface area contributed by atoms with E-state index in [1.165, 1.54) is 31.2 Å². The number of carbonyl (C=O) groups is 2. The first-order valence-corrected chi connectivity index (χ1v) is 11.9. The third-order valence-corrected chi connectivity index (χ3v) is 6.19.